The Morgan fingerprint density at radius 3 is 3.10 bits per heavy atom. The summed E-state index contributed by atoms with van der Waals surface area (Å²) in [6, 6.07) is 0. The van der Waals surface area contributed by atoms with E-state index >= 15 is 0 Å². The first kappa shape index (κ1) is 15.0. The van der Waals surface area contributed by atoms with E-state index in [2.05, 4.69) is 26.0 Å². The minimum absolute atomic E-state index is 0.780. The molecule has 0 aliphatic carbocycles. The molecule has 0 atom stereocenters. The van der Waals surface area contributed by atoms with Crippen molar-refractivity contribution in [2.75, 3.05) is 25.1 Å². The molecule has 20 heavy (non-hydrogen) atoms. The normalized spacial score (nSPS) is 10.9. The number of nitrogens with one attached hydrogen (secondary N) is 1. The summed E-state index contributed by atoms with van der Waals surface area (Å²) in [4.78, 5) is 8.80. The fourth-order valence-corrected chi connectivity index (χ4v) is 2.62. The van der Waals surface area contributed by atoms with Crippen LogP contribution < -0.4 is 5.32 Å². The molecule has 2 aromatic rings. The predicted octanol–water partition coefficient (Wildman–Crippen LogP) is 2.73. The van der Waals surface area contributed by atoms with Gasteiger partial charge >= 0.3 is 0 Å². The molecule has 0 amide bonds. The van der Waals surface area contributed by atoms with Gasteiger partial charge in [-0.1, -0.05) is 0 Å². The summed E-state index contributed by atoms with van der Waals surface area (Å²) >= 11 is 1.69. The lowest BCUT2D eigenvalue weighted by atomic mass is 10.4. The fourth-order valence-electron chi connectivity index (χ4n) is 2.00. The minimum Gasteiger partial charge on any atom is -0.382 e. The van der Waals surface area contributed by atoms with Crippen LogP contribution in [0.2, 0.25) is 0 Å². The van der Waals surface area contributed by atoms with Crippen molar-refractivity contribution in [3.05, 3.63) is 28.5 Å². The van der Waals surface area contributed by atoms with Crippen molar-refractivity contribution in [1.29, 1.82) is 0 Å². The number of anilines is 1. The molecule has 2 heterocycles. The molecule has 2 rings (SSSR count). The highest BCUT2D eigenvalue weighted by Gasteiger charge is 2.05. The molecule has 0 unspecified atom stereocenters. The van der Waals surface area contributed by atoms with Crippen molar-refractivity contribution >= 4 is 17.3 Å². The molecular weight excluding hydrogens is 272 g/mol. The predicted molar refractivity (Wildman–Crippen MR) is 82.4 cm³/mol. The van der Waals surface area contributed by atoms with E-state index in [-0.39, 0.29) is 0 Å². The number of hydrogen-bond donors (Lipinski definition) is 1. The van der Waals surface area contributed by atoms with E-state index in [1.807, 2.05) is 25.4 Å². The maximum atomic E-state index is 5.37. The first-order chi connectivity index (χ1) is 9.79. The van der Waals surface area contributed by atoms with Crippen molar-refractivity contribution < 1.29 is 4.74 Å². The summed E-state index contributed by atoms with van der Waals surface area (Å²) in [6.07, 6.45) is 5.86. The van der Waals surface area contributed by atoms with Gasteiger partial charge in [0, 0.05) is 50.5 Å². The summed E-state index contributed by atoms with van der Waals surface area (Å²) in [5, 5.41) is 6.56. The van der Waals surface area contributed by atoms with Crippen LogP contribution in [0.3, 0.4) is 0 Å². The van der Waals surface area contributed by atoms with Crippen molar-refractivity contribution in [2.24, 2.45) is 0 Å². The molecule has 0 fully saturated rings. The third kappa shape index (κ3) is 4.61. The molecule has 0 saturated heterocycles. The van der Waals surface area contributed by atoms with Crippen LogP contribution in [0.1, 0.15) is 24.0 Å². The van der Waals surface area contributed by atoms with Gasteiger partial charge in [-0.05, 0) is 20.3 Å². The second-order valence-corrected chi connectivity index (χ2v) is 5.53. The Balaban J connectivity index is 1.80. The van der Waals surface area contributed by atoms with Crippen LogP contribution >= 0.6 is 11.3 Å². The highest BCUT2D eigenvalue weighted by molar-refractivity contribution is 7.09. The SMILES string of the molecule is CCOCCCn1cc(C)nc1NCCc1nccs1. The summed E-state index contributed by atoms with van der Waals surface area (Å²) in [7, 11) is 0. The molecule has 110 valence electrons. The topological polar surface area (TPSA) is 52.0 Å². The quantitative estimate of drug-likeness (QED) is 0.723. The van der Waals surface area contributed by atoms with Gasteiger partial charge in [0.1, 0.15) is 0 Å². The average Bonchev–Trinajstić information content (AvgIpc) is 3.05. The number of ether oxygens (including phenoxy) is 1. The molecule has 0 aromatic carbocycles. The number of hydrogen-bond acceptors (Lipinski definition) is 5. The zero-order chi connectivity index (χ0) is 14.2. The van der Waals surface area contributed by atoms with Gasteiger partial charge in [-0.3, -0.25) is 0 Å². The van der Waals surface area contributed by atoms with Crippen molar-refractivity contribution in [3.63, 3.8) is 0 Å². The van der Waals surface area contributed by atoms with E-state index < -0.39 is 0 Å². The van der Waals surface area contributed by atoms with Crippen molar-refractivity contribution in [3.8, 4) is 0 Å². The van der Waals surface area contributed by atoms with Crippen molar-refractivity contribution in [1.82, 2.24) is 14.5 Å². The molecule has 0 spiro atoms. The van der Waals surface area contributed by atoms with E-state index in [0.717, 1.165) is 55.8 Å². The number of nitrogens with zero attached hydrogens (tertiary/aromatic N) is 3. The Kier molecular flexibility index (Phi) is 6.01. The van der Waals surface area contributed by atoms with Crippen molar-refractivity contribution in [2.45, 2.75) is 33.2 Å². The highest BCUT2D eigenvalue weighted by atomic mass is 32.1. The van der Waals surface area contributed by atoms with Crippen LogP contribution in [0.25, 0.3) is 0 Å². The number of aryl methyl sites for hydroxylation is 2. The summed E-state index contributed by atoms with van der Waals surface area (Å²) in [5.74, 6) is 0.940. The number of thiazole rings is 1. The Bertz CT molecular complexity index is 495. The zero-order valence-electron chi connectivity index (χ0n) is 12.1. The van der Waals surface area contributed by atoms with E-state index in [1.54, 1.807) is 11.3 Å². The lowest BCUT2D eigenvalue weighted by Gasteiger charge is -2.09. The zero-order valence-corrected chi connectivity index (χ0v) is 12.9. The van der Waals surface area contributed by atoms with Gasteiger partial charge in [-0.15, -0.1) is 11.3 Å². The second-order valence-electron chi connectivity index (χ2n) is 4.55. The average molecular weight is 294 g/mol. The lowest BCUT2D eigenvalue weighted by Crippen LogP contribution is -2.11. The Morgan fingerprint density at radius 1 is 1.45 bits per heavy atom. The standard InChI is InChI=1S/C14H22N4OS/c1-3-19-9-4-8-18-11-12(2)17-14(18)16-6-5-13-15-7-10-20-13/h7,10-11H,3-6,8-9H2,1-2H3,(H,16,17). The fraction of sp³-hybridized carbons (Fsp3) is 0.571. The summed E-state index contributed by atoms with van der Waals surface area (Å²) < 4.78 is 7.53. The van der Waals surface area contributed by atoms with Gasteiger partial charge < -0.3 is 14.6 Å². The van der Waals surface area contributed by atoms with Gasteiger partial charge in [0.05, 0.1) is 10.7 Å². The molecule has 0 aliphatic rings. The molecule has 0 saturated carbocycles. The van der Waals surface area contributed by atoms with Crippen LogP contribution in [0.4, 0.5) is 5.95 Å². The van der Waals surface area contributed by atoms with Gasteiger partial charge in [0.2, 0.25) is 5.95 Å². The van der Waals surface area contributed by atoms with E-state index in [1.165, 1.54) is 0 Å². The minimum atomic E-state index is 0.780. The second kappa shape index (κ2) is 8.01. The number of aromatic nitrogens is 3. The van der Waals surface area contributed by atoms with Gasteiger partial charge in [-0.25, -0.2) is 9.97 Å². The third-order valence-corrected chi connectivity index (χ3v) is 3.73. The summed E-state index contributed by atoms with van der Waals surface area (Å²) in [5.41, 5.74) is 1.04. The molecule has 0 bridgehead atoms. The lowest BCUT2D eigenvalue weighted by molar-refractivity contribution is 0.142. The van der Waals surface area contributed by atoms with Gasteiger partial charge in [0.15, 0.2) is 0 Å². The molecule has 0 radical (unpaired) electrons. The Hall–Kier alpha value is -1.40. The molecular formula is C14H22N4OS. The van der Waals surface area contributed by atoms with Crippen LogP contribution in [-0.2, 0) is 17.7 Å². The monoisotopic (exact) mass is 294 g/mol. The maximum absolute atomic E-state index is 5.37. The molecule has 0 aliphatic heterocycles. The first-order valence-corrected chi connectivity index (χ1v) is 7.91. The maximum Gasteiger partial charge on any atom is 0.203 e. The Labute approximate surface area is 124 Å². The molecule has 1 N–H and O–H groups in total. The van der Waals surface area contributed by atoms with E-state index in [9.17, 15) is 0 Å². The smallest absolute Gasteiger partial charge is 0.203 e. The van der Waals surface area contributed by atoms with Gasteiger partial charge in [0.25, 0.3) is 0 Å². The Morgan fingerprint density at radius 2 is 2.35 bits per heavy atom. The molecule has 5 nitrogen and oxygen atoms in total. The van der Waals surface area contributed by atoms with Gasteiger partial charge in [-0.2, -0.15) is 0 Å². The number of rotatable bonds is 9. The van der Waals surface area contributed by atoms with Crippen LogP contribution in [0.5, 0.6) is 0 Å². The highest BCUT2D eigenvalue weighted by Crippen LogP contribution is 2.10. The molecule has 2 aromatic heterocycles. The largest absolute Gasteiger partial charge is 0.382 e. The number of imidazole rings is 1. The van der Waals surface area contributed by atoms with Crippen LogP contribution in [0, 0.1) is 6.92 Å². The first-order valence-electron chi connectivity index (χ1n) is 7.03. The molecule has 6 heteroatoms. The summed E-state index contributed by atoms with van der Waals surface area (Å²) in [6.45, 7) is 7.40. The van der Waals surface area contributed by atoms with E-state index in [0.29, 0.717) is 0 Å². The third-order valence-electron chi connectivity index (χ3n) is 2.89. The van der Waals surface area contributed by atoms with Crippen LogP contribution in [-0.4, -0.2) is 34.3 Å². The van der Waals surface area contributed by atoms with Crippen LogP contribution in [0.15, 0.2) is 17.8 Å². The van der Waals surface area contributed by atoms with E-state index in [4.69, 9.17) is 4.74 Å².